The summed E-state index contributed by atoms with van der Waals surface area (Å²) in [6.45, 7) is 3.61. The summed E-state index contributed by atoms with van der Waals surface area (Å²) in [7, 11) is 0. The van der Waals surface area contributed by atoms with Gasteiger partial charge in [0.25, 0.3) is 0 Å². The van der Waals surface area contributed by atoms with Crippen LogP contribution in [0.4, 0.5) is 0 Å². The minimum Gasteiger partial charge on any atom is -0.479 e. The molecule has 5 nitrogen and oxygen atoms in total. The van der Waals surface area contributed by atoms with Gasteiger partial charge in [0.15, 0.2) is 0 Å². The summed E-state index contributed by atoms with van der Waals surface area (Å²) in [5.74, 6) is -1.51. The Labute approximate surface area is 111 Å². The van der Waals surface area contributed by atoms with Crippen molar-refractivity contribution in [1.82, 2.24) is 5.32 Å². The molecular weight excluding hydrogens is 246 g/mol. The first-order chi connectivity index (χ1) is 9.04. The van der Waals surface area contributed by atoms with Crippen LogP contribution in [0.1, 0.15) is 25.5 Å². The highest BCUT2D eigenvalue weighted by Gasteiger charge is 2.19. The number of benzene rings is 1. The lowest BCUT2D eigenvalue weighted by molar-refractivity contribution is -0.140. The average molecular weight is 263 g/mol. The standard InChI is InChI=1S/C14H17NO4/c1-3-19-12(16)9-10(2)15-13(14(17)18)11-7-5-4-6-8-11/h4-9,13,15H,3H2,1-2H3,(H,17,18)/t13-/m0/s1. The highest BCUT2D eigenvalue weighted by molar-refractivity contribution is 5.83. The molecular formula is C14H17NO4. The van der Waals surface area contributed by atoms with Gasteiger partial charge in [-0.25, -0.2) is 9.59 Å². The minimum atomic E-state index is -1.01. The topological polar surface area (TPSA) is 75.6 Å². The molecule has 0 aliphatic heterocycles. The summed E-state index contributed by atoms with van der Waals surface area (Å²) in [6.07, 6.45) is 1.24. The number of aliphatic carboxylic acids is 1. The number of ether oxygens (including phenoxy) is 1. The van der Waals surface area contributed by atoms with Crippen LogP contribution in [0.3, 0.4) is 0 Å². The number of hydrogen-bond acceptors (Lipinski definition) is 4. The van der Waals surface area contributed by atoms with Gasteiger partial charge in [0, 0.05) is 11.8 Å². The number of allylic oxidation sites excluding steroid dienone is 1. The maximum atomic E-state index is 11.3. The van der Waals surface area contributed by atoms with Crippen LogP contribution < -0.4 is 5.32 Å². The van der Waals surface area contributed by atoms with Crippen molar-refractivity contribution in [2.45, 2.75) is 19.9 Å². The third-order valence-electron chi connectivity index (χ3n) is 2.37. The summed E-state index contributed by atoms with van der Waals surface area (Å²) >= 11 is 0. The van der Waals surface area contributed by atoms with Crippen molar-refractivity contribution >= 4 is 11.9 Å². The number of carbonyl (C=O) groups excluding carboxylic acids is 1. The van der Waals surface area contributed by atoms with Gasteiger partial charge in [0.1, 0.15) is 6.04 Å². The zero-order valence-electron chi connectivity index (χ0n) is 10.9. The van der Waals surface area contributed by atoms with E-state index in [2.05, 4.69) is 5.32 Å². The van der Waals surface area contributed by atoms with Crippen molar-refractivity contribution in [2.75, 3.05) is 6.61 Å². The van der Waals surface area contributed by atoms with Crippen LogP contribution in [0.15, 0.2) is 42.1 Å². The lowest BCUT2D eigenvalue weighted by Crippen LogP contribution is -2.27. The summed E-state index contributed by atoms with van der Waals surface area (Å²) in [5, 5.41) is 12.0. The third kappa shape index (κ3) is 4.83. The number of carboxylic acid groups (broad SMARTS) is 1. The van der Waals surface area contributed by atoms with E-state index in [1.165, 1.54) is 6.08 Å². The molecule has 1 atom stereocenters. The van der Waals surface area contributed by atoms with Crippen LogP contribution in [-0.2, 0) is 14.3 Å². The Morgan fingerprint density at radius 3 is 2.53 bits per heavy atom. The zero-order valence-corrected chi connectivity index (χ0v) is 10.9. The molecule has 0 amide bonds. The number of carboxylic acids is 1. The summed E-state index contributed by atoms with van der Waals surface area (Å²) in [5.41, 5.74) is 1.06. The van der Waals surface area contributed by atoms with Gasteiger partial charge in [0.05, 0.1) is 6.61 Å². The molecule has 0 heterocycles. The van der Waals surface area contributed by atoms with E-state index in [1.807, 2.05) is 6.07 Å². The first-order valence-electron chi connectivity index (χ1n) is 5.94. The summed E-state index contributed by atoms with van der Waals surface area (Å²) in [4.78, 5) is 22.5. The van der Waals surface area contributed by atoms with Gasteiger partial charge in [-0.1, -0.05) is 30.3 Å². The normalized spacial score (nSPS) is 12.6. The van der Waals surface area contributed by atoms with Crippen LogP contribution >= 0.6 is 0 Å². The maximum absolute atomic E-state index is 11.3. The molecule has 1 rings (SSSR count). The molecule has 0 saturated heterocycles. The Morgan fingerprint density at radius 1 is 1.37 bits per heavy atom. The summed E-state index contributed by atoms with van der Waals surface area (Å²) < 4.78 is 4.76. The van der Waals surface area contributed by atoms with E-state index in [0.29, 0.717) is 11.3 Å². The minimum absolute atomic E-state index is 0.281. The molecule has 0 radical (unpaired) electrons. The van der Waals surface area contributed by atoms with Gasteiger partial charge in [-0.15, -0.1) is 0 Å². The Morgan fingerprint density at radius 2 is 2.00 bits per heavy atom. The Balaban J connectivity index is 2.81. The van der Waals surface area contributed by atoms with E-state index >= 15 is 0 Å². The summed E-state index contributed by atoms with van der Waals surface area (Å²) in [6, 6.07) is 7.86. The van der Waals surface area contributed by atoms with Crippen molar-refractivity contribution < 1.29 is 19.4 Å². The molecule has 0 aliphatic rings. The fraction of sp³-hybridized carbons (Fsp3) is 0.286. The van der Waals surface area contributed by atoms with Gasteiger partial charge in [-0.2, -0.15) is 0 Å². The molecule has 2 N–H and O–H groups in total. The van der Waals surface area contributed by atoms with Gasteiger partial charge >= 0.3 is 11.9 Å². The Kier molecular flexibility index (Phi) is 5.60. The van der Waals surface area contributed by atoms with E-state index in [4.69, 9.17) is 4.74 Å². The SMILES string of the molecule is CCOC(=O)C=C(C)N[C@H](C(=O)O)c1ccccc1. The molecule has 0 saturated carbocycles. The van der Waals surface area contributed by atoms with Crippen LogP contribution in [0.25, 0.3) is 0 Å². The predicted molar refractivity (Wildman–Crippen MR) is 70.3 cm³/mol. The van der Waals surface area contributed by atoms with Crippen molar-refractivity contribution in [3.8, 4) is 0 Å². The zero-order chi connectivity index (χ0) is 14.3. The highest BCUT2D eigenvalue weighted by atomic mass is 16.5. The Hall–Kier alpha value is -2.30. The highest BCUT2D eigenvalue weighted by Crippen LogP contribution is 2.14. The van der Waals surface area contributed by atoms with Crippen LogP contribution in [0.5, 0.6) is 0 Å². The van der Waals surface area contributed by atoms with E-state index in [-0.39, 0.29) is 6.61 Å². The molecule has 0 unspecified atom stereocenters. The van der Waals surface area contributed by atoms with E-state index in [9.17, 15) is 14.7 Å². The molecule has 102 valence electrons. The van der Waals surface area contributed by atoms with Crippen molar-refractivity contribution in [3.05, 3.63) is 47.7 Å². The number of rotatable bonds is 6. The smallest absolute Gasteiger partial charge is 0.332 e. The number of hydrogen-bond donors (Lipinski definition) is 2. The molecule has 0 aromatic heterocycles. The monoisotopic (exact) mass is 263 g/mol. The fourth-order valence-corrected chi connectivity index (χ4v) is 1.56. The van der Waals surface area contributed by atoms with Gasteiger partial charge in [-0.05, 0) is 19.4 Å². The van der Waals surface area contributed by atoms with Crippen LogP contribution in [-0.4, -0.2) is 23.7 Å². The molecule has 1 aromatic carbocycles. The molecule has 0 fully saturated rings. The third-order valence-corrected chi connectivity index (χ3v) is 2.37. The molecule has 0 spiro atoms. The van der Waals surface area contributed by atoms with Crippen molar-refractivity contribution in [1.29, 1.82) is 0 Å². The van der Waals surface area contributed by atoms with E-state index in [1.54, 1.807) is 38.1 Å². The second-order valence-electron chi connectivity index (χ2n) is 3.91. The van der Waals surface area contributed by atoms with E-state index < -0.39 is 18.0 Å². The number of carbonyl (C=O) groups is 2. The second-order valence-corrected chi connectivity index (χ2v) is 3.91. The maximum Gasteiger partial charge on any atom is 0.332 e. The number of nitrogens with one attached hydrogen (secondary N) is 1. The largest absolute Gasteiger partial charge is 0.479 e. The molecule has 0 aliphatic carbocycles. The number of esters is 1. The molecule has 1 aromatic rings. The fourth-order valence-electron chi connectivity index (χ4n) is 1.56. The van der Waals surface area contributed by atoms with Gasteiger partial charge < -0.3 is 15.2 Å². The molecule has 19 heavy (non-hydrogen) atoms. The van der Waals surface area contributed by atoms with Crippen molar-refractivity contribution in [2.24, 2.45) is 0 Å². The lowest BCUT2D eigenvalue weighted by atomic mass is 10.1. The average Bonchev–Trinajstić information content (AvgIpc) is 2.37. The lowest BCUT2D eigenvalue weighted by Gasteiger charge is -2.16. The van der Waals surface area contributed by atoms with Crippen molar-refractivity contribution in [3.63, 3.8) is 0 Å². The van der Waals surface area contributed by atoms with Crippen LogP contribution in [0, 0.1) is 0 Å². The Bertz CT molecular complexity index is 468. The first kappa shape index (κ1) is 14.8. The molecule has 5 heteroatoms. The first-order valence-corrected chi connectivity index (χ1v) is 5.94. The van der Waals surface area contributed by atoms with E-state index in [0.717, 1.165) is 0 Å². The molecule has 0 bridgehead atoms. The van der Waals surface area contributed by atoms with Gasteiger partial charge in [0.2, 0.25) is 0 Å². The van der Waals surface area contributed by atoms with Crippen LogP contribution in [0.2, 0.25) is 0 Å². The predicted octanol–water partition coefficient (Wildman–Crippen LogP) is 1.87. The van der Waals surface area contributed by atoms with Gasteiger partial charge in [-0.3, -0.25) is 0 Å². The second kappa shape index (κ2) is 7.20. The quantitative estimate of drug-likeness (QED) is 0.605.